The molecule has 18 heteroatoms. The van der Waals surface area contributed by atoms with Crippen LogP contribution in [0.1, 0.15) is 52.6 Å². The molecule has 0 aliphatic heterocycles. The third kappa shape index (κ3) is 9.61. The van der Waals surface area contributed by atoms with Gasteiger partial charge in [-0.3, -0.25) is 9.59 Å². The molecular formula is C38H32N2O16. The highest BCUT2D eigenvalue weighted by atomic mass is 17.2. The summed E-state index contributed by atoms with van der Waals surface area (Å²) in [4.78, 5) is 115. The number of ketones is 2. The molecule has 4 aromatic rings. The zero-order valence-electron chi connectivity index (χ0n) is 30.5. The van der Waals surface area contributed by atoms with Crippen molar-refractivity contribution in [2.24, 2.45) is 0 Å². The molecule has 0 saturated carbocycles. The van der Waals surface area contributed by atoms with Crippen molar-refractivity contribution in [3.63, 3.8) is 0 Å². The summed E-state index contributed by atoms with van der Waals surface area (Å²) < 4.78 is 30.0. The van der Waals surface area contributed by atoms with Crippen LogP contribution in [0.25, 0.3) is 0 Å². The molecule has 0 heterocycles. The maximum Gasteiger partial charge on any atom is 0.513 e. The van der Waals surface area contributed by atoms with Gasteiger partial charge < -0.3 is 38.2 Å². The largest absolute Gasteiger partial charge is 0.513 e. The average molecular weight is 773 g/mol. The number of para-hydroxylation sites is 4. The quantitative estimate of drug-likeness (QED) is 0.0640. The Kier molecular flexibility index (Phi) is 13.4. The Morgan fingerprint density at radius 3 is 1.07 bits per heavy atom. The Labute approximate surface area is 317 Å². The van der Waals surface area contributed by atoms with Crippen molar-refractivity contribution in [2.75, 3.05) is 42.4 Å². The van der Waals surface area contributed by atoms with Gasteiger partial charge in [-0.05, 0) is 48.5 Å². The summed E-state index contributed by atoms with van der Waals surface area (Å²) >= 11 is 0. The highest BCUT2D eigenvalue weighted by Gasteiger charge is 2.31. The van der Waals surface area contributed by atoms with Gasteiger partial charge in [0, 0.05) is 28.2 Å². The van der Waals surface area contributed by atoms with Crippen molar-refractivity contribution in [3.05, 3.63) is 118 Å². The lowest BCUT2D eigenvalue weighted by Gasteiger charge is -2.17. The molecule has 0 bridgehead atoms. The number of rotatable bonds is 10. The lowest BCUT2D eigenvalue weighted by Crippen LogP contribution is -2.27. The van der Waals surface area contributed by atoms with Gasteiger partial charge >= 0.3 is 36.4 Å². The molecule has 0 spiro atoms. The fourth-order valence-corrected chi connectivity index (χ4v) is 4.54. The van der Waals surface area contributed by atoms with E-state index in [-0.39, 0.29) is 33.8 Å². The Hall–Kier alpha value is -7.76. The molecule has 2 amide bonds. The first-order chi connectivity index (χ1) is 26.7. The van der Waals surface area contributed by atoms with E-state index < -0.39 is 70.6 Å². The van der Waals surface area contributed by atoms with Gasteiger partial charge in [-0.1, -0.05) is 36.4 Å². The van der Waals surface area contributed by atoms with E-state index in [1.165, 1.54) is 101 Å². The maximum absolute atomic E-state index is 13.8. The Balaban J connectivity index is 1.72. The summed E-state index contributed by atoms with van der Waals surface area (Å²) in [7, 11) is 7.44. The molecule has 4 rings (SSSR count). The van der Waals surface area contributed by atoms with Crippen molar-refractivity contribution < 1.29 is 76.6 Å². The zero-order valence-corrected chi connectivity index (χ0v) is 30.5. The number of carbonyl (C=O) groups excluding carboxylic acids is 8. The number of amides is 2. The minimum Gasteiger partial charge on any atom is -0.437 e. The van der Waals surface area contributed by atoms with E-state index in [1.54, 1.807) is 0 Å². The number of methoxy groups -OCH3 is 2. The first-order valence-electron chi connectivity index (χ1n) is 15.9. The van der Waals surface area contributed by atoms with Crippen LogP contribution in [0.3, 0.4) is 0 Å². The first kappa shape index (κ1) is 41.0. The second-order valence-electron chi connectivity index (χ2n) is 11.4. The Morgan fingerprint density at radius 1 is 0.411 bits per heavy atom. The third-order valence-electron chi connectivity index (χ3n) is 7.24. The number of carbonyl (C=O) groups is 8. The molecule has 0 aromatic heterocycles. The summed E-state index contributed by atoms with van der Waals surface area (Å²) in [5, 5.41) is 0. The smallest absolute Gasteiger partial charge is 0.437 e. The Morgan fingerprint density at radius 2 is 0.732 bits per heavy atom. The van der Waals surface area contributed by atoms with Gasteiger partial charge in [0.25, 0.3) is 0 Å². The highest BCUT2D eigenvalue weighted by molar-refractivity contribution is 6.15. The van der Waals surface area contributed by atoms with Gasteiger partial charge in [0.15, 0.2) is 11.5 Å². The second-order valence-corrected chi connectivity index (χ2v) is 11.4. The maximum atomic E-state index is 13.8. The molecule has 18 nitrogen and oxygen atoms in total. The van der Waals surface area contributed by atoms with Gasteiger partial charge in [0.2, 0.25) is 11.6 Å². The Bertz CT molecular complexity index is 2060. The lowest BCUT2D eigenvalue weighted by molar-refractivity contribution is -0.187. The minimum atomic E-state index is -1.44. The molecule has 0 radical (unpaired) electrons. The number of nitrogens with zero attached hydrogens (tertiary/aromatic N) is 2. The van der Waals surface area contributed by atoms with E-state index >= 15 is 0 Å². The van der Waals surface area contributed by atoms with E-state index in [2.05, 4.69) is 9.47 Å². The van der Waals surface area contributed by atoms with Gasteiger partial charge in [0.05, 0.1) is 36.5 Å². The van der Waals surface area contributed by atoms with Gasteiger partial charge in [-0.15, -0.1) is 0 Å². The number of benzene rings is 4. The molecule has 0 aliphatic rings. The van der Waals surface area contributed by atoms with E-state index in [1.807, 2.05) is 0 Å². The summed E-state index contributed by atoms with van der Waals surface area (Å²) in [5.41, 5.74) is -2.27. The van der Waals surface area contributed by atoms with Crippen molar-refractivity contribution in [1.82, 2.24) is 9.80 Å². The standard InChI is InChI=1S/C38H32N2O16/c1-39(2)35(45)53-31-23(29(41)21-13-7-9-19-27(21)51-37(47)49-5)15-11-17-25(31)33(43)55-56-34(44)26-18-12-16-24(32(26)54-36(46)40(3)4)30(42)22-14-8-10-20-28(22)52-38(48)50-6/h7-20H,1-6H3. The van der Waals surface area contributed by atoms with Crippen molar-refractivity contribution in [2.45, 2.75) is 0 Å². The van der Waals surface area contributed by atoms with Crippen molar-refractivity contribution in [3.8, 4) is 23.0 Å². The summed E-state index contributed by atoms with van der Waals surface area (Å²) in [6.45, 7) is 0. The topological polar surface area (TPSA) is 217 Å². The van der Waals surface area contributed by atoms with Crippen LogP contribution < -0.4 is 18.9 Å². The summed E-state index contributed by atoms with van der Waals surface area (Å²) in [6, 6.07) is 18.1. The number of ether oxygens (including phenoxy) is 6. The van der Waals surface area contributed by atoms with E-state index in [9.17, 15) is 38.4 Å². The van der Waals surface area contributed by atoms with Crippen LogP contribution in [0.2, 0.25) is 0 Å². The minimum absolute atomic E-state index is 0.189. The fourth-order valence-electron chi connectivity index (χ4n) is 4.54. The molecule has 0 fully saturated rings. The van der Waals surface area contributed by atoms with Gasteiger partial charge in [-0.2, -0.15) is 0 Å². The second kappa shape index (κ2) is 18.3. The van der Waals surface area contributed by atoms with Crippen LogP contribution in [0.15, 0.2) is 84.9 Å². The normalized spacial score (nSPS) is 10.2. The van der Waals surface area contributed by atoms with Crippen LogP contribution in [-0.4, -0.2) is 100 Å². The summed E-state index contributed by atoms with van der Waals surface area (Å²) in [6.07, 6.45) is -4.31. The lowest BCUT2D eigenvalue weighted by atomic mass is 9.99. The monoisotopic (exact) mass is 772 g/mol. The van der Waals surface area contributed by atoms with Crippen molar-refractivity contribution >= 4 is 48.0 Å². The molecule has 4 aromatic carbocycles. The molecule has 0 N–H and O–H groups in total. The first-order valence-corrected chi connectivity index (χ1v) is 15.9. The van der Waals surface area contributed by atoms with Crippen LogP contribution >= 0.6 is 0 Å². The SMILES string of the molecule is COC(=O)Oc1ccccc1C(=O)c1cccc(C(=O)OOC(=O)c2cccc(C(=O)c3ccccc3OC(=O)OC)c2OC(=O)N(C)C)c1OC(=O)N(C)C. The van der Waals surface area contributed by atoms with Crippen LogP contribution in [0, 0.1) is 0 Å². The molecule has 0 atom stereocenters. The van der Waals surface area contributed by atoms with Crippen LogP contribution in [-0.2, 0) is 19.2 Å². The highest BCUT2D eigenvalue weighted by Crippen LogP contribution is 2.33. The van der Waals surface area contributed by atoms with E-state index in [0.29, 0.717) is 0 Å². The number of hydrogen-bond donors (Lipinski definition) is 0. The molecule has 0 saturated heterocycles. The van der Waals surface area contributed by atoms with E-state index in [0.717, 1.165) is 36.2 Å². The molecule has 56 heavy (non-hydrogen) atoms. The van der Waals surface area contributed by atoms with Gasteiger partial charge in [-0.25, -0.2) is 38.5 Å². The summed E-state index contributed by atoms with van der Waals surface area (Å²) in [5.74, 6) is -6.31. The molecule has 0 aliphatic carbocycles. The van der Waals surface area contributed by atoms with Crippen LogP contribution in [0.5, 0.6) is 23.0 Å². The van der Waals surface area contributed by atoms with Crippen LogP contribution in [0.4, 0.5) is 19.2 Å². The third-order valence-corrected chi connectivity index (χ3v) is 7.24. The fraction of sp³-hybridized carbons (Fsp3) is 0.158. The zero-order chi connectivity index (χ0) is 41.1. The predicted octanol–water partition coefficient (Wildman–Crippen LogP) is 5.49. The van der Waals surface area contributed by atoms with Crippen molar-refractivity contribution in [1.29, 1.82) is 0 Å². The molecule has 290 valence electrons. The van der Waals surface area contributed by atoms with Gasteiger partial charge in [0.1, 0.15) is 22.6 Å². The average Bonchev–Trinajstić information content (AvgIpc) is 3.19. The molecule has 0 unspecified atom stereocenters. The number of hydrogen-bond acceptors (Lipinski definition) is 16. The molecular weight excluding hydrogens is 740 g/mol. The van der Waals surface area contributed by atoms with E-state index in [4.69, 9.17) is 28.7 Å². The predicted molar refractivity (Wildman–Crippen MR) is 189 cm³/mol.